The van der Waals surface area contributed by atoms with Crippen LogP contribution in [0.25, 0.3) is 5.52 Å². The molecule has 0 aliphatic heterocycles. The molecule has 0 aliphatic carbocycles. The van der Waals surface area contributed by atoms with Gasteiger partial charge in [0, 0.05) is 18.8 Å². The van der Waals surface area contributed by atoms with Gasteiger partial charge in [0.2, 0.25) is 0 Å². The summed E-state index contributed by atoms with van der Waals surface area (Å²) in [5.74, 6) is -0.578. The fraction of sp³-hybridized carbons (Fsp3) is 0.300. The van der Waals surface area contributed by atoms with Crippen LogP contribution in [0.15, 0.2) is 24.8 Å². The second-order valence-electron chi connectivity index (χ2n) is 3.50. The topological polar surface area (TPSA) is 47.3 Å². The minimum absolute atomic E-state index is 0.169. The number of nitrogens with zero attached hydrogens (tertiary/aromatic N) is 3. The number of Topliss-reactive ketones (excluding diaryl/α,β-unsaturated/α-hetero) is 1. The number of hydrogen-bond donors (Lipinski definition) is 0. The first-order valence-electron chi connectivity index (χ1n) is 4.85. The molecular formula is C10H8F3N3O. The third-order valence-corrected chi connectivity index (χ3v) is 2.26. The molecule has 2 rings (SSSR count). The number of fused-ring (bicyclic) bond motifs is 1. The maximum absolute atomic E-state index is 12.0. The first-order valence-corrected chi connectivity index (χ1v) is 4.85. The maximum Gasteiger partial charge on any atom is 0.389 e. The van der Waals surface area contributed by atoms with Crippen molar-refractivity contribution >= 4 is 11.3 Å². The summed E-state index contributed by atoms with van der Waals surface area (Å²) in [5.41, 5.74) is 0.585. The summed E-state index contributed by atoms with van der Waals surface area (Å²) < 4.78 is 37.4. The second-order valence-corrected chi connectivity index (χ2v) is 3.50. The van der Waals surface area contributed by atoms with Crippen LogP contribution in [0.5, 0.6) is 0 Å². The summed E-state index contributed by atoms with van der Waals surface area (Å²) in [6.07, 6.45) is -0.358. The quantitative estimate of drug-likeness (QED) is 0.777. The Morgan fingerprint density at radius 1 is 1.35 bits per heavy atom. The lowest BCUT2D eigenvalue weighted by Crippen LogP contribution is -2.10. The van der Waals surface area contributed by atoms with Crippen molar-refractivity contribution < 1.29 is 18.0 Å². The van der Waals surface area contributed by atoms with E-state index in [0.29, 0.717) is 5.52 Å². The minimum atomic E-state index is -4.32. The van der Waals surface area contributed by atoms with Crippen LogP contribution in [-0.2, 0) is 0 Å². The average Bonchev–Trinajstić information content (AvgIpc) is 2.68. The average molecular weight is 243 g/mol. The molecule has 0 fully saturated rings. The second kappa shape index (κ2) is 4.15. The highest BCUT2D eigenvalue weighted by atomic mass is 19.4. The van der Waals surface area contributed by atoms with Crippen molar-refractivity contribution in [3.05, 3.63) is 30.4 Å². The first-order chi connectivity index (χ1) is 7.97. The Morgan fingerprint density at radius 2 is 2.12 bits per heavy atom. The molecule has 0 N–H and O–H groups in total. The highest BCUT2D eigenvalue weighted by molar-refractivity contribution is 6.01. The summed E-state index contributed by atoms with van der Waals surface area (Å²) in [6.45, 7) is 0. The molecule has 0 aromatic carbocycles. The molecule has 0 amide bonds. The van der Waals surface area contributed by atoms with Crippen molar-refractivity contribution in [2.45, 2.75) is 19.0 Å². The molecule has 0 saturated carbocycles. The van der Waals surface area contributed by atoms with Crippen LogP contribution in [0.2, 0.25) is 0 Å². The zero-order chi connectivity index (χ0) is 12.5. The number of carbonyl (C=O) groups excluding carboxylic acids is 1. The fourth-order valence-corrected chi connectivity index (χ4v) is 1.44. The number of ketones is 1. The standard InChI is InChI=1S/C10H8F3N3O/c11-10(12,13)2-1-9(17)7-5-15-16-4-3-14-6-8(7)16/h3-6H,1-2H2. The predicted octanol–water partition coefficient (Wildman–Crippen LogP) is 2.25. The summed E-state index contributed by atoms with van der Waals surface area (Å²) in [4.78, 5) is 15.4. The number of carbonyl (C=O) groups is 1. The smallest absolute Gasteiger partial charge is 0.294 e. The van der Waals surface area contributed by atoms with E-state index in [4.69, 9.17) is 0 Å². The minimum Gasteiger partial charge on any atom is -0.294 e. The number of rotatable bonds is 3. The highest BCUT2D eigenvalue weighted by Crippen LogP contribution is 2.23. The van der Waals surface area contributed by atoms with Crippen molar-refractivity contribution in [2.75, 3.05) is 0 Å². The van der Waals surface area contributed by atoms with Gasteiger partial charge in [-0.2, -0.15) is 18.3 Å². The summed E-state index contributed by atoms with van der Waals surface area (Å²) >= 11 is 0. The Kier molecular flexibility index (Phi) is 2.83. The molecule has 0 aliphatic rings. The Morgan fingerprint density at radius 3 is 2.82 bits per heavy atom. The van der Waals surface area contributed by atoms with Gasteiger partial charge in [0.1, 0.15) is 0 Å². The lowest BCUT2D eigenvalue weighted by molar-refractivity contribution is -0.133. The lowest BCUT2D eigenvalue weighted by Gasteiger charge is -2.04. The van der Waals surface area contributed by atoms with Gasteiger partial charge in [-0.05, 0) is 0 Å². The van der Waals surface area contributed by atoms with E-state index in [9.17, 15) is 18.0 Å². The predicted molar refractivity (Wildman–Crippen MR) is 52.6 cm³/mol. The lowest BCUT2D eigenvalue weighted by atomic mass is 10.1. The molecule has 17 heavy (non-hydrogen) atoms. The third kappa shape index (κ3) is 2.61. The van der Waals surface area contributed by atoms with Crippen molar-refractivity contribution in [3.8, 4) is 0 Å². The van der Waals surface area contributed by atoms with E-state index < -0.39 is 24.8 Å². The Hall–Kier alpha value is -1.92. The largest absolute Gasteiger partial charge is 0.389 e. The third-order valence-electron chi connectivity index (χ3n) is 2.26. The molecule has 0 spiro atoms. The molecule has 0 unspecified atom stereocenters. The molecule has 0 bridgehead atoms. The SMILES string of the molecule is O=C(CCC(F)(F)F)c1cnn2ccncc12. The van der Waals surface area contributed by atoms with Crippen molar-refractivity contribution in [1.29, 1.82) is 0 Å². The highest BCUT2D eigenvalue weighted by Gasteiger charge is 2.28. The van der Waals surface area contributed by atoms with Gasteiger partial charge < -0.3 is 0 Å². The van der Waals surface area contributed by atoms with Gasteiger partial charge >= 0.3 is 6.18 Å². The van der Waals surface area contributed by atoms with Crippen LogP contribution >= 0.6 is 0 Å². The van der Waals surface area contributed by atoms with Gasteiger partial charge in [-0.25, -0.2) is 4.52 Å². The Balaban J connectivity index is 2.20. The van der Waals surface area contributed by atoms with E-state index in [1.54, 1.807) is 0 Å². The van der Waals surface area contributed by atoms with E-state index >= 15 is 0 Å². The molecule has 2 heterocycles. The fourth-order valence-electron chi connectivity index (χ4n) is 1.44. The van der Waals surface area contributed by atoms with Gasteiger partial charge in [0.15, 0.2) is 5.78 Å². The van der Waals surface area contributed by atoms with Crippen molar-refractivity contribution in [1.82, 2.24) is 14.6 Å². The molecular weight excluding hydrogens is 235 g/mol. The molecule has 0 atom stereocenters. The molecule has 0 radical (unpaired) electrons. The van der Waals surface area contributed by atoms with Gasteiger partial charge in [-0.3, -0.25) is 9.78 Å². The van der Waals surface area contributed by atoms with E-state index in [0.717, 1.165) is 0 Å². The van der Waals surface area contributed by atoms with E-state index in [-0.39, 0.29) is 5.56 Å². The number of aromatic nitrogens is 3. The van der Waals surface area contributed by atoms with Gasteiger partial charge in [-0.15, -0.1) is 0 Å². The Labute approximate surface area is 94.1 Å². The van der Waals surface area contributed by atoms with Crippen LogP contribution in [0.4, 0.5) is 13.2 Å². The van der Waals surface area contributed by atoms with Crippen molar-refractivity contribution in [3.63, 3.8) is 0 Å². The van der Waals surface area contributed by atoms with E-state index in [2.05, 4.69) is 10.1 Å². The van der Waals surface area contributed by atoms with Crippen LogP contribution in [-0.4, -0.2) is 26.6 Å². The molecule has 7 heteroatoms. The van der Waals surface area contributed by atoms with E-state index in [1.807, 2.05) is 0 Å². The molecule has 0 saturated heterocycles. The van der Waals surface area contributed by atoms with Crippen LogP contribution < -0.4 is 0 Å². The molecule has 2 aromatic rings. The summed E-state index contributed by atoms with van der Waals surface area (Å²) in [6, 6.07) is 0. The van der Waals surface area contributed by atoms with Gasteiger partial charge in [0.25, 0.3) is 0 Å². The monoisotopic (exact) mass is 243 g/mol. The summed E-state index contributed by atoms with van der Waals surface area (Å²) in [5, 5.41) is 3.86. The van der Waals surface area contributed by atoms with Gasteiger partial charge in [-0.1, -0.05) is 0 Å². The number of halogens is 3. The maximum atomic E-state index is 12.0. The summed E-state index contributed by atoms with van der Waals surface area (Å²) in [7, 11) is 0. The number of alkyl halides is 3. The zero-order valence-electron chi connectivity index (χ0n) is 8.61. The van der Waals surface area contributed by atoms with Crippen LogP contribution in [0.3, 0.4) is 0 Å². The normalized spacial score (nSPS) is 11.9. The molecule has 4 nitrogen and oxygen atoms in total. The molecule has 90 valence electrons. The van der Waals surface area contributed by atoms with E-state index in [1.165, 1.54) is 29.3 Å². The van der Waals surface area contributed by atoms with Crippen LogP contribution in [0, 0.1) is 0 Å². The van der Waals surface area contributed by atoms with Crippen molar-refractivity contribution in [2.24, 2.45) is 0 Å². The first kappa shape index (κ1) is 11.6. The number of hydrogen-bond acceptors (Lipinski definition) is 3. The molecule has 2 aromatic heterocycles. The Bertz CT molecular complexity index is 547. The zero-order valence-corrected chi connectivity index (χ0v) is 8.61. The van der Waals surface area contributed by atoms with Crippen LogP contribution in [0.1, 0.15) is 23.2 Å². The van der Waals surface area contributed by atoms with Gasteiger partial charge in [0.05, 0.1) is 29.9 Å².